The number of rotatable bonds is 2. The van der Waals surface area contributed by atoms with E-state index < -0.39 is 0 Å². The van der Waals surface area contributed by atoms with Crippen molar-refractivity contribution in [2.75, 3.05) is 0 Å². The quantitative estimate of drug-likeness (QED) is 0.739. The van der Waals surface area contributed by atoms with Crippen molar-refractivity contribution in [3.8, 4) is 5.75 Å². The lowest BCUT2D eigenvalue weighted by Crippen LogP contribution is -1.96. The molecule has 0 N–H and O–H groups in total. The minimum absolute atomic E-state index is 0.501. The second kappa shape index (κ2) is 4.84. The molecule has 78 valence electrons. The van der Waals surface area contributed by atoms with E-state index in [9.17, 15) is 0 Å². The molecule has 0 heterocycles. The molecule has 0 spiro atoms. The SMILES string of the molecule is Cc1ccc(C2C=CC=CC2)cc1OI. The summed E-state index contributed by atoms with van der Waals surface area (Å²) >= 11 is 1.93. The van der Waals surface area contributed by atoms with E-state index in [1.54, 1.807) is 0 Å². The number of benzene rings is 1. The lowest BCUT2D eigenvalue weighted by Gasteiger charge is -2.14. The van der Waals surface area contributed by atoms with Crippen LogP contribution in [0.1, 0.15) is 23.5 Å². The number of aryl methyl sites for hydroxylation is 1. The van der Waals surface area contributed by atoms with E-state index in [1.807, 2.05) is 23.0 Å². The Kier molecular flexibility index (Phi) is 3.46. The fourth-order valence-corrected chi connectivity index (χ4v) is 2.23. The van der Waals surface area contributed by atoms with Gasteiger partial charge in [0.1, 0.15) is 5.75 Å². The van der Waals surface area contributed by atoms with Crippen LogP contribution in [-0.4, -0.2) is 0 Å². The highest BCUT2D eigenvalue weighted by Crippen LogP contribution is 2.29. The normalized spacial score (nSPS) is 19.2. The Balaban J connectivity index is 2.29. The minimum atomic E-state index is 0.501. The van der Waals surface area contributed by atoms with E-state index in [0.29, 0.717) is 5.92 Å². The van der Waals surface area contributed by atoms with Gasteiger partial charge in [-0.1, -0.05) is 36.4 Å². The second-order valence-corrected chi connectivity index (χ2v) is 4.20. The Morgan fingerprint density at radius 1 is 1.33 bits per heavy atom. The Hall–Kier alpha value is -0.770. The van der Waals surface area contributed by atoms with Crippen LogP contribution < -0.4 is 3.07 Å². The molecule has 1 nitrogen and oxygen atoms in total. The van der Waals surface area contributed by atoms with E-state index in [-0.39, 0.29) is 0 Å². The van der Waals surface area contributed by atoms with Gasteiger partial charge >= 0.3 is 0 Å². The predicted molar refractivity (Wildman–Crippen MR) is 71.5 cm³/mol. The molecular formula is C13H13IO. The van der Waals surface area contributed by atoms with E-state index in [0.717, 1.165) is 12.2 Å². The summed E-state index contributed by atoms with van der Waals surface area (Å²) in [5, 5.41) is 0. The first kappa shape index (κ1) is 10.7. The molecule has 1 aliphatic rings. The minimum Gasteiger partial charge on any atom is -0.427 e. The molecule has 0 fully saturated rings. The maximum Gasteiger partial charge on any atom is 0.192 e. The number of hydrogen-bond donors (Lipinski definition) is 0. The number of halogens is 1. The van der Waals surface area contributed by atoms with Crippen LogP contribution >= 0.6 is 23.0 Å². The maximum absolute atomic E-state index is 5.30. The smallest absolute Gasteiger partial charge is 0.192 e. The topological polar surface area (TPSA) is 9.23 Å². The highest BCUT2D eigenvalue weighted by molar-refractivity contribution is 14.1. The van der Waals surface area contributed by atoms with Gasteiger partial charge in [-0.2, -0.15) is 0 Å². The highest BCUT2D eigenvalue weighted by atomic mass is 127. The maximum atomic E-state index is 5.30. The molecule has 0 bridgehead atoms. The van der Waals surface area contributed by atoms with Crippen molar-refractivity contribution in [3.63, 3.8) is 0 Å². The zero-order chi connectivity index (χ0) is 10.7. The second-order valence-electron chi connectivity index (χ2n) is 3.76. The summed E-state index contributed by atoms with van der Waals surface area (Å²) in [5.41, 5.74) is 2.51. The first-order valence-electron chi connectivity index (χ1n) is 5.03. The lowest BCUT2D eigenvalue weighted by atomic mass is 9.92. The molecule has 1 aromatic rings. The molecule has 0 saturated carbocycles. The molecule has 0 saturated heterocycles. The molecule has 2 heteroatoms. The van der Waals surface area contributed by atoms with Gasteiger partial charge in [0.25, 0.3) is 0 Å². The molecule has 1 aromatic carbocycles. The summed E-state index contributed by atoms with van der Waals surface area (Å²) in [7, 11) is 0. The Labute approximate surface area is 105 Å². The predicted octanol–water partition coefficient (Wildman–Crippen LogP) is 4.32. The summed E-state index contributed by atoms with van der Waals surface area (Å²) in [6.07, 6.45) is 9.73. The molecule has 0 amide bonds. The van der Waals surface area contributed by atoms with Gasteiger partial charge in [0.15, 0.2) is 23.0 Å². The molecule has 0 aromatic heterocycles. The van der Waals surface area contributed by atoms with E-state index in [2.05, 4.69) is 49.4 Å². The van der Waals surface area contributed by atoms with Crippen LogP contribution in [0.15, 0.2) is 42.5 Å². The van der Waals surface area contributed by atoms with E-state index >= 15 is 0 Å². The van der Waals surface area contributed by atoms with Gasteiger partial charge < -0.3 is 3.07 Å². The summed E-state index contributed by atoms with van der Waals surface area (Å²) in [4.78, 5) is 0. The highest BCUT2D eigenvalue weighted by Gasteiger charge is 2.10. The Bertz CT molecular complexity index is 407. The van der Waals surface area contributed by atoms with Crippen molar-refractivity contribution < 1.29 is 3.07 Å². The lowest BCUT2D eigenvalue weighted by molar-refractivity contribution is 0.703. The van der Waals surface area contributed by atoms with Gasteiger partial charge in [0, 0.05) is 5.92 Å². The van der Waals surface area contributed by atoms with Gasteiger partial charge in [-0.05, 0) is 30.5 Å². The molecular weight excluding hydrogens is 299 g/mol. The zero-order valence-corrected chi connectivity index (χ0v) is 10.8. The summed E-state index contributed by atoms with van der Waals surface area (Å²) in [5.74, 6) is 1.47. The molecule has 0 radical (unpaired) electrons. The first-order valence-corrected chi connectivity index (χ1v) is 5.92. The van der Waals surface area contributed by atoms with Gasteiger partial charge in [-0.15, -0.1) is 0 Å². The summed E-state index contributed by atoms with van der Waals surface area (Å²) < 4.78 is 5.30. The van der Waals surface area contributed by atoms with Gasteiger partial charge in [0.05, 0.1) is 0 Å². The van der Waals surface area contributed by atoms with Crippen LogP contribution in [0.3, 0.4) is 0 Å². The molecule has 1 unspecified atom stereocenters. The Morgan fingerprint density at radius 2 is 2.20 bits per heavy atom. The molecule has 2 rings (SSSR count). The van der Waals surface area contributed by atoms with Crippen LogP contribution in [0.25, 0.3) is 0 Å². The third-order valence-corrected chi connectivity index (χ3v) is 3.18. The zero-order valence-electron chi connectivity index (χ0n) is 8.61. The fraction of sp³-hybridized carbons (Fsp3) is 0.231. The third kappa shape index (κ3) is 2.43. The van der Waals surface area contributed by atoms with Crippen molar-refractivity contribution in [3.05, 3.63) is 53.6 Å². The van der Waals surface area contributed by atoms with Crippen molar-refractivity contribution in [1.82, 2.24) is 0 Å². The van der Waals surface area contributed by atoms with Gasteiger partial charge in [-0.3, -0.25) is 0 Å². The van der Waals surface area contributed by atoms with Gasteiger partial charge in [0.2, 0.25) is 0 Å². The van der Waals surface area contributed by atoms with Crippen molar-refractivity contribution in [1.29, 1.82) is 0 Å². The van der Waals surface area contributed by atoms with Gasteiger partial charge in [-0.25, -0.2) is 0 Å². The van der Waals surface area contributed by atoms with Crippen molar-refractivity contribution in [2.45, 2.75) is 19.3 Å². The molecule has 0 aliphatic heterocycles. The fourth-order valence-electron chi connectivity index (χ4n) is 1.76. The van der Waals surface area contributed by atoms with Crippen LogP contribution in [0.5, 0.6) is 5.75 Å². The monoisotopic (exact) mass is 312 g/mol. The third-order valence-electron chi connectivity index (χ3n) is 2.70. The molecule has 1 atom stereocenters. The summed E-state index contributed by atoms with van der Waals surface area (Å²) in [6, 6.07) is 6.44. The van der Waals surface area contributed by atoms with Crippen molar-refractivity contribution >= 4 is 23.0 Å². The first-order chi connectivity index (χ1) is 7.31. The standard InChI is InChI=1S/C13H13IO/c1-10-7-8-12(9-13(10)15-14)11-5-3-2-4-6-11/h2-5,7-9,11H,6H2,1H3. The van der Waals surface area contributed by atoms with E-state index in [1.165, 1.54) is 11.1 Å². The number of hydrogen-bond acceptors (Lipinski definition) is 1. The average molecular weight is 312 g/mol. The summed E-state index contributed by atoms with van der Waals surface area (Å²) in [6.45, 7) is 2.06. The van der Waals surface area contributed by atoms with Crippen molar-refractivity contribution in [2.24, 2.45) is 0 Å². The van der Waals surface area contributed by atoms with E-state index in [4.69, 9.17) is 3.07 Å². The van der Waals surface area contributed by atoms with Crippen LogP contribution in [-0.2, 0) is 0 Å². The Morgan fingerprint density at radius 3 is 2.87 bits per heavy atom. The molecule has 1 aliphatic carbocycles. The number of allylic oxidation sites excluding steroid dienone is 4. The molecule has 15 heavy (non-hydrogen) atoms. The van der Waals surface area contributed by atoms with Crippen LogP contribution in [0.2, 0.25) is 0 Å². The van der Waals surface area contributed by atoms with Crippen LogP contribution in [0, 0.1) is 6.92 Å². The largest absolute Gasteiger partial charge is 0.427 e. The average Bonchev–Trinajstić information content (AvgIpc) is 2.31. The van der Waals surface area contributed by atoms with Crippen LogP contribution in [0.4, 0.5) is 0 Å².